The average molecular weight is 710 g/mol. The predicted molar refractivity (Wildman–Crippen MR) is 184 cm³/mol. The third-order valence-corrected chi connectivity index (χ3v) is 6.91. The number of benzene rings is 1. The molecule has 0 aliphatic rings. The number of ether oxygens (including phenoxy) is 5. The summed E-state index contributed by atoms with van der Waals surface area (Å²) in [6.45, 7) is 11.1. The van der Waals surface area contributed by atoms with E-state index < -0.39 is 29.7 Å². The van der Waals surface area contributed by atoms with Crippen molar-refractivity contribution in [3.05, 3.63) is 29.3 Å². The van der Waals surface area contributed by atoms with E-state index in [1.54, 1.807) is 26.0 Å². The van der Waals surface area contributed by atoms with E-state index in [1.807, 2.05) is 13.8 Å². The number of anilines is 1. The molecule has 1 aromatic rings. The van der Waals surface area contributed by atoms with E-state index in [0.717, 1.165) is 0 Å². The number of ketones is 1. The van der Waals surface area contributed by atoms with Crippen molar-refractivity contribution in [1.82, 2.24) is 16.0 Å². The zero-order valence-electron chi connectivity index (χ0n) is 29.9. The van der Waals surface area contributed by atoms with Crippen LogP contribution in [0.1, 0.15) is 63.4 Å². The van der Waals surface area contributed by atoms with Gasteiger partial charge in [0.25, 0.3) is 5.91 Å². The van der Waals surface area contributed by atoms with Gasteiger partial charge in [-0.25, -0.2) is 0 Å². The van der Waals surface area contributed by atoms with Gasteiger partial charge in [0.15, 0.2) is 0 Å². The molecular formula is C34H55N5O11. The lowest BCUT2D eigenvalue weighted by Crippen LogP contribution is -2.51. The van der Waals surface area contributed by atoms with Gasteiger partial charge in [-0.3, -0.25) is 28.8 Å². The van der Waals surface area contributed by atoms with Crippen LogP contribution in [-0.2, 0) is 54.3 Å². The summed E-state index contributed by atoms with van der Waals surface area (Å²) < 4.78 is 26.7. The maximum absolute atomic E-state index is 12.8. The molecule has 0 spiro atoms. The third-order valence-electron chi connectivity index (χ3n) is 6.91. The lowest BCUT2D eigenvalue weighted by atomic mass is 10.0. The van der Waals surface area contributed by atoms with Crippen molar-refractivity contribution in [2.24, 2.45) is 17.6 Å². The van der Waals surface area contributed by atoms with Crippen molar-refractivity contribution < 1.29 is 52.5 Å². The van der Waals surface area contributed by atoms with Crippen molar-refractivity contribution >= 4 is 41.1 Å². The number of nitrogens with two attached hydrogens (primary N) is 1. The first kappa shape index (κ1) is 44.1. The molecule has 1 aromatic carbocycles. The number of hydrogen-bond donors (Lipinski definition) is 5. The first-order chi connectivity index (χ1) is 23.8. The first-order valence-corrected chi connectivity index (χ1v) is 16.8. The number of Topliss-reactive ketones (excluding diaryl/α,β-unsaturated/α-hetero) is 1. The number of hydrogen-bond acceptors (Lipinski definition) is 12. The summed E-state index contributed by atoms with van der Waals surface area (Å²) >= 11 is 0. The SMILES string of the molecule is CC(=O)OCc1ccc(NC(=O)CNC(=O)C(NC(=O)CCOCCOCCOCCOCCC(=O)C(C)C)C(C)C)cc1C(=O)NCCN. The average Bonchev–Trinajstić information content (AvgIpc) is 3.07. The fraction of sp³-hybridized carbons (Fsp3) is 0.647. The van der Waals surface area contributed by atoms with E-state index in [4.69, 9.17) is 29.4 Å². The van der Waals surface area contributed by atoms with Crippen LogP contribution in [0.2, 0.25) is 0 Å². The van der Waals surface area contributed by atoms with Gasteiger partial charge in [-0.1, -0.05) is 33.8 Å². The van der Waals surface area contributed by atoms with Crippen LogP contribution in [0.15, 0.2) is 18.2 Å². The van der Waals surface area contributed by atoms with Gasteiger partial charge >= 0.3 is 5.97 Å². The zero-order valence-corrected chi connectivity index (χ0v) is 29.9. The van der Waals surface area contributed by atoms with Crippen molar-refractivity contribution in [3.8, 4) is 0 Å². The normalized spacial score (nSPS) is 11.6. The molecule has 0 fully saturated rings. The molecule has 50 heavy (non-hydrogen) atoms. The molecule has 1 atom stereocenters. The monoisotopic (exact) mass is 709 g/mol. The molecule has 0 aromatic heterocycles. The molecule has 1 rings (SSSR count). The van der Waals surface area contributed by atoms with Crippen molar-refractivity contribution in [2.75, 3.05) is 77.8 Å². The molecule has 0 radical (unpaired) electrons. The van der Waals surface area contributed by atoms with Gasteiger partial charge in [0, 0.05) is 55.6 Å². The number of carbonyl (C=O) groups is 6. The highest BCUT2D eigenvalue weighted by Gasteiger charge is 2.24. The molecule has 4 amide bonds. The Labute approximate surface area is 294 Å². The van der Waals surface area contributed by atoms with Crippen LogP contribution in [0.3, 0.4) is 0 Å². The molecule has 6 N–H and O–H groups in total. The highest BCUT2D eigenvalue weighted by Crippen LogP contribution is 2.17. The maximum Gasteiger partial charge on any atom is 0.302 e. The Kier molecular flexibility index (Phi) is 22.9. The van der Waals surface area contributed by atoms with E-state index in [2.05, 4.69) is 21.3 Å². The second kappa shape index (κ2) is 25.9. The number of nitrogens with one attached hydrogen (secondary N) is 4. The molecule has 0 saturated heterocycles. The number of rotatable bonds is 27. The van der Waals surface area contributed by atoms with Crippen LogP contribution >= 0.6 is 0 Å². The van der Waals surface area contributed by atoms with Gasteiger partial charge in [-0.2, -0.15) is 0 Å². The Balaban J connectivity index is 2.35. The molecule has 1 unspecified atom stereocenters. The number of amides is 4. The van der Waals surface area contributed by atoms with Gasteiger partial charge in [0.05, 0.1) is 59.4 Å². The van der Waals surface area contributed by atoms with Crippen LogP contribution in [0.4, 0.5) is 5.69 Å². The molecular weight excluding hydrogens is 654 g/mol. The quantitative estimate of drug-likeness (QED) is 0.0630. The Morgan fingerprint density at radius 3 is 1.88 bits per heavy atom. The lowest BCUT2D eigenvalue weighted by Gasteiger charge is -2.21. The Morgan fingerprint density at radius 1 is 0.760 bits per heavy atom. The summed E-state index contributed by atoms with van der Waals surface area (Å²) in [6, 6.07) is 3.64. The van der Waals surface area contributed by atoms with Gasteiger partial charge in [0.1, 0.15) is 18.4 Å². The standard InChI is InChI=1S/C34H55N5O11/c1-23(2)29(41)8-12-46-14-16-48-18-19-49-17-15-47-13-9-30(42)39-32(24(3)4)34(45)37-21-31(43)38-27-7-6-26(22-50-25(5)40)28(20-27)33(44)36-11-10-35/h6-7,20,23-24,32H,8-19,21-22,35H2,1-5H3,(H,36,44)(H,37,45)(H,38,43)(H,39,42). The largest absolute Gasteiger partial charge is 0.461 e. The molecule has 0 saturated carbocycles. The minimum Gasteiger partial charge on any atom is -0.461 e. The molecule has 0 bridgehead atoms. The molecule has 16 nitrogen and oxygen atoms in total. The van der Waals surface area contributed by atoms with Crippen LogP contribution in [0.5, 0.6) is 0 Å². The van der Waals surface area contributed by atoms with Gasteiger partial charge in [-0.05, 0) is 18.1 Å². The fourth-order valence-corrected chi connectivity index (χ4v) is 4.10. The van der Waals surface area contributed by atoms with Gasteiger partial charge in [-0.15, -0.1) is 0 Å². The van der Waals surface area contributed by atoms with E-state index in [0.29, 0.717) is 51.6 Å². The second-order valence-corrected chi connectivity index (χ2v) is 11.8. The minimum absolute atomic E-state index is 0.0139. The van der Waals surface area contributed by atoms with Crippen molar-refractivity contribution in [1.29, 1.82) is 0 Å². The van der Waals surface area contributed by atoms with Crippen LogP contribution in [0.25, 0.3) is 0 Å². The van der Waals surface area contributed by atoms with E-state index in [-0.39, 0.29) is 80.7 Å². The Morgan fingerprint density at radius 2 is 1.34 bits per heavy atom. The highest BCUT2D eigenvalue weighted by molar-refractivity contribution is 5.99. The molecule has 0 heterocycles. The number of esters is 1. The maximum atomic E-state index is 12.8. The second-order valence-electron chi connectivity index (χ2n) is 11.8. The van der Waals surface area contributed by atoms with Crippen molar-refractivity contribution in [3.63, 3.8) is 0 Å². The summed E-state index contributed by atoms with van der Waals surface area (Å²) in [5.41, 5.74) is 6.38. The summed E-state index contributed by atoms with van der Waals surface area (Å²) in [4.78, 5) is 73.3. The molecule has 0 aliphatic heterocycles. The van der Waals surface area contributed by atoms with Gasteiger partial charge in [0.2, 0.25) is 17.7 Å². The highest BCUT2D eigenvalue weighted by atomic mass is 16.6. The summed E-state index contributed by atoms with van der Waals surface area (Å²) in [5, 5.41) is 10.5. The summed E-state index contributed by atoms with van der Waals surface area (Å²) in [5.74, 6) is -2.52. The Hall–Kier alpha value is -3.96. The van der Waals surface area contributed by atoms with E-state index in [1.165, 1.54) is 13.0 Å². The van der Waals surface area contributed by atoms with Crippen LogP contribution in [0, 0.1) is 11.8 Å². The van der Waals surface area contributed by atoms with Crippen LogP contribution in [-0.4, -0.2) is 114 Å². The third kappa shape index (κ3) is 19.9. The topological polar surface area (TPSA) is 223 Å². The summed E-state index contributed by atoms with van der Waals surface area (Å²) in [7, 11) is 0. The Bertz CT molecular complexity index is 1230. The van der Waals surface area contributed by atoms with E-state index in [9.17, 15) is 28.8 Å². The lowest BCUT2D eigenvalue weighted by molar-refractivity contribution is -0.142. The predicted octanol–water partition coefficient (Wildman–Crippen LogP) is 0.705. The first-order valence-electron chi connectivity index (χ1n) is 16.8. The van der Waals surface area contributed by atoms with Crippen molar-refractivity contribution in [2.45, 2.75) is 60.1 Å². The van der Waals surface area contributed by atoms with Gasteiger partial charge < -0.3 is 50.7 Å². The summed E-state index contributed by atoms with van der Waals surface area (Å²) in [6.07, 6.45) is 0.427. The minimum atomic E-state index is -0.884. The fourth-order valence-electron chi connectivity index (χ4n) is 4.10. The van der Waals surface area contributed by atoms with E-state index >= 15 is 0 Å². The zero-order chi connectivity index (χ0) is 37.3. The molecule has 0 aliphatic carbocycles. The number of carbonyl (C=O) groups excluding carboxylic acids is 6. The molecule has 282 valence electrons. The van der Waals surface area contributed by atoms with Crippen LogP contribution < -0.4 is 27.0 Å². The molecule has 16 heteroatoms. The smallest absolute Gasteiger partial charge is 0.302 e.